The second-order valence-electron chi connectivity index (χ2n) is 6.69. The van der Waals surface area contributed by atoms with Gasteiger partial charge in [-0.05, 0) is 37.6 Å². The van der Waals surface area contributed by atoms with Crippen molar-refractivity contribution in [1.82, 2.24) is 9.97 Å². The summed E-state index contributed by atoms with van der Waals surface area (Å²) in [5, 5.41) is 0.221. The molecule has 0 amide bonds. The maximum Gasteiger partial charge on any atom is 0.387 e. The molecular weight excluding hydrogens is 456 g/mol. The zero-order chi connectivity index (χ0) is 24.8. The van der Waals surface area contributed by atoms with Crippen molar-refractivity contribution in [2.24, 2.45) is 0 Å². The van der Waals surface area contributed by atoms with Gasteiger partial charge in [0.2, 0.25) is 5.71 Å². The van der Waals surface area contributed by atoms with E-state index in [1.165, 1.54) is 31.4 Å². The SMILES string of the molecule is CCOC(=O)c1c(C)oc2nc(COC(=O)/C=C/c3ccc(OC(F)F)c(OC)c3)nc(N)c12. The van der Waals surface area contributed by atoms with E-state index in [1.807, 2.05) is 0 Å². The number of ether oxygens (including phenoxy) is 4. The van der Waals surface area contributed by atoms with E-state index >= 15 is 0 Å². The molecule has 0 unspecified atom stereocenters. The van der Waals surface area contributed by atoms with E-state index in [2.05, 4.69) is 14.7 Å². The van der Waals surface area contributed by atoms with Crippen molar-refractivity contribution in [3.8, 4) is 11.5 Å². The predicted octanol–water partition coefficient (Wildman–Crippen LogP) is 3.66. The number of anilines is 1. The van der Waals surface area contributed by atoms with Crippen molar-refractivity contribution in [3.63, 3.8) is 0 Å². The Morgan fingerprint density at radius 3 is 2.65 bits per heavy atom. The molecule has 0 saturated carbocycles. The quantitative estimate of drug-likeness (QED) is 0.359. The fraction of sp³-hybridized carbons (Fsp3) is 0.273. The molecule has 0 aliphatic carbocycles. The first-order valence-corrected chi connectivity index (χ1v) is 9.93. The van der Waals surface area contributed by atoms with E-state index in [-0.39, 0.29) is 58.8 Å². The Labute approximate surface area is 192 Å². The number of hydrogen-bond donors (Lipinski definition) is 1. The fourth-order valence-electron chi connectivity index (χ4n) is 3.03. The van der Waals surface area contributed by atoms with Gasteiger partial charge in [-0.25, -0.2) is 14.6 Å². The maximum atomic E-state index is 12.4. The van der Waals surface area contributed by atoms with Gasteiger partial charge in [-0.2, -0.15) is 13.8 Å². The summed E-state index contributed by atoms with van der Waals surface area (Å²) in [6.07, 6.45) is 2.52. The van der Waals surface area contributed by atoms with Crippen molar-refractivity contribution in [2.75, 3.05) is 19.5 Å². The molecule has 0 bridgehead atoms. The number of nitrogen functional groups attached to an aromatic ring is 1. The Hall–Kier alpha value is -4.22. The van der Waals surface area contributed by atoms with Gasteiger partial charge < -0.3 is 29.1 Å². The summed E-state index contributed by atoms with van der Waals surface area (Å²) < 4.78 is 49.8. The Bertz CT molecular complexity index is 1240. The van der Waals surface area contributed by atoms with Crippen LogP contribution in [-0.2, 0) is 20.9 Å². The van der Waals surface area contributed by atoms with Crippen molar-refractivity contribution in [1.29, 1.82) is 0 Å². The first-order chi connectivity index (χ1) is 16.2. The molecule has 10 nitrogen and oxygen atoms in total. The van der Waals surface area contributed by atoms with Gasteiger partial charge in [0.1, 0.15) is 17.1 Å². The number of alkyl halides is 2. The van der Waals surface area contributed by atoms with Crippen LogP contribution in [-0.4, -0.2) is 42.2 Å². The maximum absolute atomic E-state index is 12.4. The van der Waals surface area contributed by atoms with Gasteiger partial charge in [-0.15, -0.1) is 0 Å². The third kappa shape index (κ3) is 5.57. The number of benzene rings is 1. The number of nitrogens with two attached hydrogens (primary N) is 1. The van der Waals surface area contributed by atoms with Gasteiger partial charge in [-0.1, -0.05) is 6.07 Å². The number of aryl methyl sites for hydroxylation is 1. The van der Waals surface area contributed by atoms with Crippen molar-refractivity contribution >= 4 is 34.9 Å². The molecule has 12 heteroatoms. The standard InChI is InChI=1S/C22H21F2N3O7/c1-4-31-21(29)17-11(2)33-20-18(17)19(25)26-15(27-20)10-32-16(28)8-6-12-5-7-13(34-22(23)24)14(9-12)30-3/h5-9,22H,4,10H2,1-3H3,(H2,25,26,27)/b8-6+. The van der Waals surface area contributed by atoms with E-state index in [0.717, 1.165) is 6.08 Å². The minimum atomic E-state index is -3.00. The molecule has 0 aliphatic rings. The number of hydrogen-bond acceptors (Lipinski definition) is 10. The number of rotatable bonds is 9. The third-order valence-corrected chi connectivity index (χ3v) is 4.44. The topological polar surface area (TPSA) is 136 Å². The van der Waals surface area contributed by atoms with Gasteiger partial charge in [0.15, 0.2) is 23.9 Å². The molecule has 2 N–H and O–H groups in total. The average molecular weight is 477 g/mol. The minimum Gasteiger partial charge on any atom is -0.493 e. The second-order valence-corrected chi connectivity index (χ2v) is 6.69. The van der Waals surface area contributed by atoms with Crippen LogP contribution in [0.3, 0.4) is 0 Å². The van der Waals surface area contributed by atoms with Crippen LogP contribution in [0.5, 0.6) is 11.5 Å². The number of halogens is 2. The second kappa shape index (κ2) is 10.6. The zero-order valence-corrected chi connectivity index (χ0v) is 18.5. The van der Waals surface area contributed by atoms with Gasteiger partial charge in [0, 0.05) is 6.08 Å². The molecule has 34 heavy (non-hydrogen) atoms. The molecule has 1 aromatic carbocycles. The summed E-state index contributed by atoms with van der Waals surface area (Å²) in [7, 11) is 1.30. The van der Waals surface area contributed by atoms with Crippen LogP contribution in [0.2, 0.25) is 0 Å². The van der Waals surface area contributed by atoms with Crippen LogP contribution < -0.4 is 15.2 Å². The highest BCUT2D eigenvalue weighted by Gasteiger charge is 2.24. The molecule has 2 heterocycles. The summed E-state index contributed by atoms with van der Waals surface area (Å²) in [6, 6.07) is 4.17. The van der Waals surface area contributed by atoms with Crippen LogP contribution in [0.15, 0.2) is 28.7 Å². The third-order valence-electron chi connectivity index (χ3n) is 4.44. The number of carbonyl (C=O) groups excluding carboxylic acids is 2. The van der Waals surface area contributed by atoms with E-state index in [1.54, 1.807) is 13.8 Å². The lowest BCUT2D eigenvalue weighted by molar-refractivity contribution is -0.139. The first-order valence-electron chi connectivity index (χ1n) is 9.93. The number of methoxy groups -OCH3 is 1. The molecule has 2 aromatic heterocycles. The van der Waals surface area contributed by atoms with Gasteiger partial charge >= 0.3 is 18.6 Å². The number of furan rings is 1. The number of nitrogens with zero attached hydrogens (tertiary/aromatic N) is 2. The van der Waals surface area contributed by atoms with E-state index in [4.69, 9.17) is 24.4 Å². The molecule has 180 valence electrons. The molecule has 0 atom stereocenters. The summed E-state index contributed by atoms with van der Waals surface area (Å²) in [5.74, 6) is -1.09. The monoisotopic (exact) mass is 477 g/mol. The Kier molecular flexibility index (Phi) is 7.61. The van der Waals surface area contributed by atoms with Crippen molar-refractivity contribution < 1.29 is 41.7 Å². The van der Waals surface area contributed by atoms with E-state index < -0.39 is 18.6 Å². The zero-order valence-electron chi connectivity index (χ0n) is 18.5. The van der Waals surface area contributed by atoms with Crippen LogP contribution in [0.1, 0.15) is 34.4 Å². The van der Waals surface area contributed by atoms with Gasteiger partial charge in [0.25, 0.3) is 0 Å². The minimum absolute atomic E-state index is 0.0234. The highest BCUT2D eigenvalue weighted by atomic mass is 19.3. The Morgan fingerprint density at radius 2 is 1.97 bits per heavy atom. The fourth-order valence-corrected chi connectivity index (χ4v) is 3.03. The van der Waals surface area contributed by atoms with Gasteiger partial charge in [-0.3, -0.25) is 0 Å². The molecule has 0 spiro atoms. The molecule has 3 aromatic rings. The molecule has 0 saturated heterocycles. The lowest BCUT2D eigenvalue weighted by Gasteiger charge is -2.10. The number of esters is 2. The van der Waals surface area contributed by atoms with Crippen molar-refractivity contribution in [3.05, 3.63) is 47.0 Å². The Balaban J connectivity index is 1.69. The largest absolute Gasteiger partial charge is 0.493 e. The molecule has 0 radical (unpaired) electrons. The highest BCUT2D eigenvalue weighted by molar-refractivity contribution is 6.07. The predicted molar refractivity (Wildman–Crippen MR) is 115 cm³/mol. The summed E-state index contributed by atoms with van der Waals surface area (Å²) >= 11 is 0. The summed E-state index contributed by atoms with van der Waals surface area (Å²) in [5.41, 5.74) is 6.66. The molecule has 3 rings (SSSR count). The number of fused-ring (bicyclic) bond motifs is 1. The van der Waals surface area contributed by atoms with Crippen LogP contribution in [0, 0.1) is 6.92 Å². The molecule has 0 aliphatic heterocycles. The average Bonchev–Trinajstić information content (AvgIpc) is 3.13. The van der Waals surface area contributed by atoms with Gasteiger partial charge in [0.05, 0.1) is 19.1 Å². The first kappa shape index (κ1) is 24.4. The van der Waals surface area contributed by atoms with E-state index in [0.29, 0.717) is 5.56 Å². The number of carbonyl (C=O) groups is 2. The normalized spacial score (nSPS) is 11.2. The lowest BCUT2D eigenvalue weighted by Crippen LogP contribution is -2.09. The molecule has 0 fully saturated rings. The van der Waals surface area contributed by atoms with Crippen LogP contribution >= 0.6 is 0 Å². The number of aromatic nitrogens is 2. The molecular formula is C22H21F2N3O7. The Morgan fingerprint density at radius 1 is 1.21 bits per heavy atom. The smallest absolute Gasteiger partial charge is 0.387 e. The lowest BCUT2D eigenvalue weighted by atomic mass is 10.2. The summed E-state index contributed by atoms with van der Waals surface area (Å²) in [4.78, 5) is 32.5. The highest BCUT2D eigenvalue weighted by Crippen LogP contribution is 2.30. The van der Waals surface area contributed by atoms with Crippen LogP contribution in [0.4, 0.5) is 14.6 Å². The summed E-state index contributed by atoms with van der Waals surface area (Å²) in [6.45, 7) is 0.0983. The van der Waals surface area contributed by atoms with Crippen molar-refractivity contribution in [2.45, 2.75) is 27.1 Å². The van der Waals surface area contributed by atoms with Crippen LogP contribution in [0.25, 0.3) is 17.2 Å². The van der Waals surface area contributed by atoms with E-state index in [9.17, 15) is 18.4 Å².